The van der Waals surface area contributed by atoms with Crippen molar-refractivity contribution in [1.29, 1.82) is 5.26 Å². The van der Waals surface area contributed by atoms with Crippen molar-refractivity contribution >= 4 is 11.6 Å². The average molecular weight is 318 g/mol. The Kier molecular flexibility index (Phi) is 5.10. The van der Waals surface area contributed by atoms with Gasteiger partial charge in [-0.2, -0.15) is 5.26 Å². The van der Waals surface area contributed by atoms with E-state index in [1.54, 1.807) is 0 Å². The van der Waals surface area contributed by atoms with Crippen molar-refractivity contribution in [2.24, 2.45) is 0 Å². The highest BCUT2D eigenvalue weighted by Crippen LogP contribution is 2.27. The molecular weight excluding hydrogens is 306 g/mol. The number of carbonyl (C=O) groups is 1. The largest absolute Gasteiger partial charge is 0.493 e. The number of nitrogens with zero attached hydrogens (tertiary/aromatic N) is 1. The van der Waals surface area contributed by atoms with Crippen LogP contribution in [0.5, 0.6) is 11.5 Å². The summed E-state index contributed by atoms with van der Waals surface area (Å²) >= 11 is 0. The van der Waals surface area contributed by atoms with E-state index in [0.717, 1.165) is 12.1 Å². The number of hydrogen-bond donors (Lipinski definition) is 1. The summed E-state index contributed by atoms with van der Waals surface area (Å²) in [6.45, 7) is -0.404. The molecule has 7 heteroatoms. The fourth-order valence-electron chi connectivity index (χ4n) is 1.78. The molecule has 5 nitrogen and oxygen atoms in total. The van der Waals surface area contributed by atoms with Crippen molar-refractivity contribution in [3.05, 3.63) is 53.6 Å². The molecular formula is C16H12F2N2O3. The van der Waals surface area contributed by atoms with E-state index in [1.165, 1.54) is 25.3 Å². The molecule has 1 amide bonds. The third-order valence-electron chi connectivity index (χ3n) is 2.86. The predicted octanol–water partition coefficient (Wildman–Crippen LogP) is 2.86. The monoisotopic (exact) mass is 318 g/mol. The number of nitriles is 1. The lowest BCUT2D eigenvalue weighted by molar-refractivity contribution is -0.118. The molecule has 0 heterocycles. The van der Waals surface area contributed by atoms with Crippen molar-refractivity contribution < 1.29 is 23.0 Å². The summed E-state index contributed by atoms with van der Waals surface area (Å²) in [5.74, 6) is -1.68. The highest BCUT2D eigenvalue weighted by molar-refractivity contribution is 5.92. The van der Waals surface area contributed by atoms with Gasteiger partial charge < -0.3 is 14.8 Å². The van der Waals surface area contributed by atoms with Gasteiger partial charge in [0.2, 0.25) is 0 Å². The number of methoxy groups -OCH3 is 1. The number of rotatable bonds is 5. The number of benzene rings is 2. The van der Waals surface area contributed by atoms with E-state index in [1.807, 2.05) is 6.07 Å². The molecule has 0 saturated carbocycles. The van der Waals surface area contributed by atoms with E-state index in [2.05, 4.69) is 5.32 Å². The van der Waals surface area contributed by atoms with Crippen LogP contribution in [-0.2, 0) is 4.79 Å². The molecule has 0 saturated heterocycles. The van der Waals surface area contributed by atoms with Crippen LogP contribution >= 0.6 is 0 Å². The van der Waals surface area contributed by atoms with Gasteiger partial charge in [-0.1, -0.05) is 0 Å². The Morgan fingerprint density at radius 3 is 2.65 bits per heavy atom. The van der Waals surface area contributed by atoms with Crippen LogP contribution in [0.25, 0.3) is 0 Å². The van der Waals surface area contributed by atoms with E-state index >= 15 is 0 Å². The molecule has 1 N–H and O–H groups in total. The van der Waals surface area contributed by atoms with Crippen LogP contribution < -0.4 is 14.8 Å². The second-order valence-corrected chi connectivity index (χ2v) is 4.44. The molecule has 0 fully saturated rings. The highest BCUT2D eigenvalue weighted by atomic mass is 19.1. The number of halogens is 2. The topological polar surface area (TPSA) is 71.3 Å². The van der Waals surface area contributed by atoms with Gasteiger partial charge in [-0.25, -0.2) is 8.78 Å². The molecule has 0 atom stereocenters. The van der Waals surface area contributed by atoms with Crippen LogP contribution in [0.2, 0.25) is 0 Å². The van der Waals surface area contributed by atoms with Gasteiger partial charge in [-0.3, -0.25) is 4.79 Å². The van der Waals surface area contributed by atoms with Crippen LogP contribution in [0.1, 0.15) is 5.56 Å². The second-order valence-electron chi connectivity index (χ2n) is 4.44. The molecule has 0 aliphatic rings. The summed E-state index contributed by atoms with van der Waals surface area (Å²) < 4.78 is 36.6. The quantitative estimate of drug-likeness (QED) is 0.920. The first kappa shape index (κ1) is 16.2. The fourth-order valence-corrected chi connectivity index (χ4v) is 1.78. The van der Waals surface area contributed by atoms with E-state index in [4.69, 9.17) is 14.7 Å². The van der Waals surface area contributed by atoms with Gasteiger partial charge in [0.1, 0.15) is 11.6 Å². The maximum atomic E-state index is 13.4. The molecule has 0 aromatic heterocycles. The SMILES string of the molecule is COc1cc(C#N)ccc1OCC(=O)Nc1ccc(F)cc1F. The molecule has 2 aromatic rings. The Bertz CT molecular complexity index is 772. The Balaban J connectivity index is 2.00. The molecule has 0 radical (unpaired) electrons. The Morgan fingerprint density at radius 1 is 1.22 bits per heavy atom. The highest BCUT2D eigenvalue weighted by Gasteiger charge is 2.11. The molecule has 23 heavy (non-hydrogen) atoms. The zero-order valence-electron chi connectivity index (χ0n) is 12.1. The van der Waals surface area contributed by atoms with Gasteiger partial charge in [-0.05, 0) is 24.3 Å². The summed E-state index contributed by atoms with van der Waals surface area (Å²) in [4.78, 5) is 11.8. The minimum atomic E-state index is -0.880. The van der Waals surface area contributed by atoms with Gasteiger partial charge in [-0.15, -0.1) is 0 Å². The predicted molar refractivity (Wildman–Crippen MR) is 78.2 cm³/mol. The van der Waals surface area contributed by atoms with Gasteiger partial charge in [0.25, 0.3) is 5.91 Å². The molecule has 0 aliphatic carbocycles. The second kappa shape index (κ2) is 7.22. The van der Waals surface area contributed by atoms with Crippen molar-refractivity contribution in [3.8, 4) is 17.6 Å². The van der Waals surface area contributed by atoms with Gasteiger partial charge >= 0.3 is 0 Å². The Morgan fingerprint density at radius 2 is 2.00 bits per heavy atom. The minimum Gasteiger partial charge on any atom is -0.493 e. The first-order chi connectivity index (χ1) is 11.0. The van der Waals surface area contributed by atoms with Gasteiger partial charge in [0.05, 0.1) is 24.4 Å². The van der Waals surface area contributed by atoms with Gasteiger partial charge in [0.15, 0.2) is 18.1 Å². The molecule has 0 bridgehead atoms. The minimum absolute atomic E-state index is 0.146. The number of hydrogen-bond acceptors (Lipinski definition) is 4. The summed E-state index contributed by atoms with van der Waals surface area (Å²) in [5.41, 5.74) is 0.235. The number of carbonyl (C=O) groups excluding carboxylic acids is 1. The van der Waals surface area contributed by atoms with Gasteiger partial charge in [0, 0.05) is 12.1 Å². The van der Waals surface area contributed by atoms with E-state index in [9.17, 15) is 13.6 Å². The molecule has 118 valence electrons. The fraction of sp³-hybridized carbons (Fsp3) is 0.125. The van der Waals surface area contributed by atoms with Crippen LogP contribution in [0.15, 0.2) is 36.4 Å². The number of anilines is 1. The van der Waals surface area contributed by atoms with Crippen molar-refractivity contribution in [2.75, 3.05) is 19.0 Å². The zero-order valence-corrected chi connectivity index (χ0v) is 12.1. The maximum absolute atomic E-state index is 13.4. The van der Waals surface area contributed by atoms with Crippen molar-refractivity contribution in [3.63, 3.8) is 0 Å². The van der Waals surface area contributed by atoms with Crippen LogP contribution in [0.3, 0.4) is 0 Å². The van der Waals surface area contributed by atoms with Crippen LogP contribution in [-0.4, -0.2) is 19.6 Å². The number of ether oxygens (including phenoxy) is 2. The molecule has 0 aliphatic heterocycles. The van der Waals surface area contributed by atoms with E-state index in [-0.39, 0.29) is 11.4 Å². The first-order valence-corrected chi connectivity index (χ1v) is 6.49. The Hall–Kier alpha value is -3.14. The van der Waals surface area contributed by atoms with Crippen LogP contribution in [0.4, 0.5) is 14.5 Å². The normalized spacial score (nSPS) is 9.83. The Labute approximate surface area is 131 Å². The summed E-state index contributed by atoms with van der Waals surface area (Å²) in [7, 11) is 1.40. The average Bonchev–Trinajstić information content (AvgIpc) is 2.55. The van der Waals surface area contributed by atoms with E-state index in [0.29, 0.717) is 17.4 Å². The number of amides is 1. The molecule has 0 unspecified atom stereocenters. The maximum Gasteiger partial charge on any atom is 0.262 e. The smallest absolute Gasteiger partial charge is 0.262 e. The molecule has 0 spiro atoms. The first-order valence-electron chi connectivity index (χ1n) is 6.49. The lowest BCUT2D eigenvalue weighted by atomic mass is 10.2. The summed E-state index contributed by atoms with van der Waals surface area (Å²) in [5, 5.41) is 11.1. The van der Waals surface area contributed by atoms with Crippen molar-refractivity contribution in [2.45, 2.75) is 0 Å². The van der Waals surface area contributed by atoms with Crippen molar-refractivity contribution in [1.82, 2.24) is 0 Å². The zero-order chi connectivity index (χ0) is 16.8. The summed E-state index contributed by atoms with van der Waals surface area (Å²) in [6, 6.07) is 9.23. The molecule has 2 rings (SSSR count). The third-order valence-corrected chi connectivity index (χ3v) is 2.86. The lowest BCUT2D eigenvalue weighted by Crippen LogP contribution is -2.21. The number of nitrogens with one attached hydrogen (secondary N) is 1. The molecule has 2 aromatic carbocycles. The summed E-state index contributed by atoms with van der Waals surface area (Å²) in [6.07, 6.45) is 0. The third kappa shape index (κ3) is 4.17. The lowest BCUT2D eigenvalue weighted by Gasteiger charge is -2.11. The van der Waals surface area contributed by atoms with E-state index < -0.39 is 24.1 Å². The standard InChI is InChI=1S/C16H12F2N2O3/c1-22-15-6-10(8-19)2-5-14(15)23-9-16(21)20-13-4-3-11(17)7-12(13)18/h2-7H,9H2,1H3,(H,20,21). The van der Waals surface area contributed by atoms with Crippen LogP contribution in [0, 0.1) is 23.0 Å².